The van der Waals surface area contributed by atoms with E-state index < -0.39 is 23.9 Å². The Morgan fingerprint density at radius 3 is 1.19 bits per heavy atom. The van der Waals surface area contributed by atoms with Crippen LogP contribution in [0.15, 0.2) is 12.7 Å². The first-order valence-electron chi connectivity index (χ1n) is 9.09. The summed E-state index contributed by atoms with van der Waals surface area (Å²) in [6.07, 6.45) is 11.2. The third kappa shape index (κ3) is 51.7. The van der Waals surface area contributed by atoms with E-state index in [0.717, 1.165) is 26.2 Å². The van der Waals surface area contributed by atoms with Crippen molar-refractivity contribution in [3.8, 4) is 0 Å². The van der Waals surface area contributed by atoms with Crippen molar-refractivity contribution in [2.75, 3.05) is 0 Å². The van der Waals surface area contributed by atoms with Crippen molar-refractivity contribution in [3.63, 3.8) is 0 Å². The Bertz CT molecular complexity index is 398. The SMILES string of the molecule is C=CCCCCCCCCC(=O)O.CC(=O)O.O=C(O)CCCCC(=O)O. The lowest BCUT2D eigenvalue weighted by molar-refractivity contribution is -0.139. The summed E-state index contributed by atoms with van der Waals surface area (Å²) in [5.74, 6) is -3.25. The summed E-state index contributed by atoms with van der Waals surface area (Å²) in [5, 5.41) is 32.1. The van der Waals surface area contributed by atoms with E-state index in [0.29, 0.717) is 19.3 Å². The van der Waals surface area contributed by atoms with Crippen LogP contribution in [0.1, 0.15) is 84.0 Å². The first kappa shape index (κ1) is 29.4. The van der Waals surface area contributed by atoms with Gasteiger partial charge in [-0.1, -0.05) is 31.8 Å². The van der Waals surface area contributed by atoms with Gasteiger partial charge in [0, 0.05) is 26.2 Å². The number of hydrogen-bond donors (Lipinski definition) is 4. The average molecular weight is 390 g/mol. The second kappa shape index (κ2) is 23.6. The maximum atomic E-state index is 10.2. The normalized spacial score (nSPS) is 9.07. The van der Waals surface area contributed by atoms with Crippen molar-refractivity contribution in [3.05, 3.63) is 12.7 Å². The predicted octanol–water partition coefficient (Wildman–Crippen LogP) is 4.18. The summed E-state index contributed by atoms with van der Waals surface area (Å²) in [6, 6.07) is 0. The van der Waals surface area contributed by atoms with Crippen LogP contribution < -0.4 is 0 Å². The molecule has 0 saturated carbocycles. The summed E-state index contributed by atoms with van der Waals surface area (Å²) >= 11 is 0. The highest BCUT2D eigenvalue weighted by Crippen LogP contribution is 2.08. The molecule has 0 rings (SSSR count). The Balaban J connectivity index is -0.000000364. The van der Waals surface area contributed by atoms with Crippen molar-refractivity contribution < 1.29 is 39.6 Å². The fraction of sp³-hybridized carbons (Fsp3) is 0.684. The monoisotopic (exact) mass is 390 g/mol. The van der Waals surface area contributed by atoms with Crippen LogP contribution in [0.25, 0.3) is 0 Å². The number of aliphatic carboxylic acids is 4. The number of hydrogen-bond acceptors (Lipinski definition) is 4. The molecule has 0 aliphatic heterocycles. The number of unbranched alkanes of at least 4 members (excludes halogenated alkanes) is 7. The zero-order valence-corrected chi connectivity index (χ0v) is 16.2. The van der Waals surface area contributed by atoms with Crippen LogP contribution in [0, 0.1) is 0 Å². The number of carbonyl (C=O) groups is 4. The quantitative estimate of drug-likeness (QED) is 0.255. The fourth-order valence-corrected chi connectivity index (χ4v) is 1.82. The van der Waals surface area contributed by atoms with E-state index in [1.165, 1.54) is 25.7 Å². The lowest BCUT2D eigenvalue weighted by Crippen LogP contribution is -1.97. The van der Waals surface area contributed by atoms with Crippen molar-refractivity contribution in [1.82, 2.24) is 0 Å². The number of allylic oxidation sites excluding steroid dienone is 1. The van der Waals surface area contributed by atoms with Gasteiger partial charge in [-0.3, -0.25) is 19.2 Å². The van der Waals surface area contributed by atoms with Crippen LogP contribution >= 0.6 is 0 Å². The van der Waals surface area contributed by atoms with Gasteiger partial charge in [0.2, 0.25) is 0 Å². The Labute approximate surface area is 160 Å². The minimum atomic E-state index is -0.870. The molecule has 0 aromatic carbocycles. The van der Waals surface area contributed by atoms with Gasteiger partial charge in [-0.05, 0) is 32.1 Å². The molecule has 0 aliphatic rings. The van der Waals surface area contributed by atoms with E-state index in [4.69, 9.17) is 25.2 Å². The molecular formula is C19H34O8. The zero-order chi connectivity index (χ0) is 21.5. The second-order valence-electron chi connectivity index (χ2n) is 5.86. The molecule has 0 atom stereocenters. The van der Waals surface area contributed by atoms with E-state index in [1.54, 1.807) is 0 Å². The van der Waals surface area contributed by atoms with Crippen LogP contribution in [0.3, 0.4) is 0 Å². The number of carboxylic acid groups (broad SMARTS) is 4. The molecular weight excluding hydrogens is 356 g/mol. The highest BCUT2D eigenvalue weighted by atomic mass is 16.4. The largest absolute Gasteiger partial charge is 0.481 e. The van der Waals surface area contributed by atoms with Crippen molar-refractivity contribution >= 4 is 23.9 Å². The lowest BCUT2D eigenvalue weighted by atomic mass is 10.1. The summed E-state index contributed by atoms with van der Waals surface area (Å²) in [6.45, 7) is 4.75. The van der Waals surface area contributed by atoms with Crippen LogP contribution in [0.2, 0.25) is 0 Å². The molecule has 0 aromatic rings. The maximum Gasteiger partial charge on any atom is 0.303 e. The van der Waals surface area contributed by atoms with Gasteiger partial charge >= 0.3 is 17.9 Å². The van der Waals surface area contributed by atoms with Crippen LogP contribution in [0.5, 0.6) is 0 Å². The van der Waals surface area contributed by atoms with Crippen LogP contribution in [-0.2, 0) is 19.2 Å². The lowest BCUT2D eigenvalue weighted by Gasteiger charge is -1.98. The summed E-state index contributed by atoms with van der Waals surface area (Å²) in [5.41, 5.74) is 0. The van der Waals surface area contributed by atoms with Gasteiger partial charge in [-0.15, -0.1) is 6.58 Å². The highest BCUT2D eigenvalue weighted by molar-refractivity contribution is 5.68. The van der Waals surface area contributed by atoms with Gasteiger partial charge in [-0.25, -0.2) is 0 Å². The molecule has 158 valence electrons. The number of carboxylic acids is 4. The second-order valence-corrected chi connectivity index (χ2v) is 5.86. The molecule has 0 spiro atoms. The van der Waals surface area contributed by atoms with Gasteiger partial charge < -0.3 is 20.4 Å². The third-order valence-electron chi connectivity index (χ3n) is 3.08. The Kier molecular flexibility index (Phi) is 25.7. The van der Waals surface area contributed by atoms with Gasteiger partial charge in [0.1, 0.15) is 0 Å². The van der Waals surface area contributed by atoms with E-state index in [-0.39, 0.29) is 12.8 Å². The smallest absolute Gasteiger partial charge is 0.303 e. The number of rotatable bonds is 14. The van der Waals surface area contributed by atoms with Crippen LogP contribution in [0.4, 0.5) is 0 Å². The molecule has 8 nitrogen and oxygen atoms in total. The molecule has 4 N–H and O–H groups in total. The minimum Gasteiger partial charge on any atom is -0.481 e. The molecule has 0 bridgehead atoms. The van der Waals surface area contributed by atoms with Gasteiger partial charge in [-0.2, -0.15) is 0 Å². The summed E-state index contributed by atoms with van der Waals surface area (Å²) in [4.78, 5) is 39.0. The first-order valence-corrected chi connectivity index (χ1v) is 9.09. The zero-order valence-electron chi connectivity index (χ0n) is 16.2. The molecule has 0 radical (unpaired) electrons. The molecule has 27 heavy (non-hydrogen) atoms. The molecule has 0 aliphatic carbocycles. The minimum absolute atomic E-state index is 0.0628. The molecule has 0 heterocycles. The van der Waals surface area contributed by atoms with E-state index in [2.05, 4.69) is 6.58 Å². The van der Waals surface area contributed by atoms with Crippen LogP contribution in [-0.4, -0.2) is 44.3 Å². The highest BCUT2D eigenvalue weighted by Gasteiger charge is 1.99. The Hall–Kier alpha value is -2.38. The third-order valence-corrected chi connectivity index (χ3v) is 3.08. The summed E-state index contributed by atoms with van der Waals surface area (Å²) < 4.78 is 0. The molecule has 0 aromatic heterocycles. The molecule has 0 saturated heterocycles. The summed E-state index contributed by atoms with van der Waals surface area (Å²) in [7, 11) is 0. The van der Waals surface area contributed by atoms with Gasteiger partial charge in [0.05, 0.1) is 0 Å². The predicted molar refractivity (Wildman–Crippen MR) is 102 cm³/mol. The van der Waals surface area contributed by atoms with Crippen molar-refractivity contribution in [2.45, 2.75) is 84.0 Å². The fourth-order valence-electron chi connectivity index (χ4n) is 1.82. The molecule has 0 amide bonds. The van der Waals surface area contributed by atoms with Gasteiger partial charge in [0.25, 0.3) is 5.97 Å². The molecule has 0 unspecified atom stereocenters. The topological polar surface area (TPSA) is 149 Å². The maximum absolute atomic E-state index is 10.2. The molecule has 8 heteroatoms. The van der Waals surface area contributed by atoms with Crippen molar-refractivity contribution in [1.29, 1.82) is 0 Å². The van der Waals surface area contributed by atoms with Gasteiger partial charge in [0.15, 0.2) is 0 Å². The van der Waals surface area contributed by atoms with E-state index in [1.807, 2.05) is 6.08 Å². The Morgan fingerprint density at radius 1 is 0.630 bits per heavy atom. The van der Waals surface area contributed by atoms with E-state index in [9.17, 15) is 14.4 Å². The average Bonchev–Trinajstić information content (AvgIpc) is 2.53. The standard InChI is InChI=1S/C11H20O2.C6H10O4.C2H4O2/c1-2-3-4-5-6-7-8-9-10-11(12)13;7-5(8)3-1-2-4-6(9)10;1-2(3)4/h2H,1,3-10H2,(H,12,13);1-4H2,(H,7,8)(H,9,10);1H3,(H,3,4). The Morgan fingerprint density at radius 2 is 0.889 bits per heavy atom. The van der Waals surface area contributed by atoms with Crippen molar-refractivity contribution in [2.24, 2.45) is 0 Å². The first-order chi connectivity index (χ1) is 12.6. The van der Waals surface area contributed by atoms with E-state index >= 15 is 0 Å². The molecule has 0 fully saturated rings.